The predicted molar refractivity (Wildman–Crippen MR) is 57.1 cm³/mol. The van der Waals surface area contributed by atoms with Crippen molar-refractivity contribution in [2.75, 3.05) is 0 Å². The molecule has 0 spiro atoms. The first kappa shape index (κ1) is 11.5. The molecule has 0 heterocycles. The summed E-state index contributed by atoms with van der Waals surface area (Å²) in [6.45, 7) is 16.7. The average molecular weight is 166 g/mol. The molecular formula is C12H22. The summed E-state index contributed by atoms with van der Waals surface area (Å²) in [5.41, 5.74) is 0. The third-order valence-corrected chi connectivity index (χ3v) is 2.85. The van der Waals surface area contributed by atoms with E-state index in [0.29, 0.717) is 23.7 Å². The molecule has 3 unspecified atom stereocenters. The van der Waals surface area contributed by atoms with Gasteiger partial charge in [-0.3, -0.25) is 0 Å². The first-order valence-corrected chi connectivity index (χ1v) is 4.79. The number of hydrogen-bond donors (Lipinski definition) is 0. The maximum absolute atomic E-state index is 3.89. The van der Waals surface area contributed by atoms with Crippen molar-refractivity contribution in [1.82, 2.24) is 0 Å². The highest BCUT2D eigenvalue weighted by Crippen LogP contribution is 2.28. The fourth-order valence-electron chi connectivity index (χ4n) is 1.66. The molecule has 0 aliphatic rings. The third kappa shape index (κ3) is 2.84. The Morgan fingerprint density at radius 3 is 1.67 bits per heavy atom. The van der Waals surface area contributed by atoms with E-state index in [4.69, 9.17) is 0 Å². The van der Waals surface area contributed by atoms with E-state index < -0.39 is 0 Å². The van der Waals surface area contributed by atoms with Crippen LogP contribution in [0.2, 0.25) is 0 Å². The van der Waals surface area contributed by atoms with Crippen LogP contribution in [0.1, 0.15) is 27.7 Å². The van der Waals surface area contributed by atoms with Crippen molar-refractivity contribution >= 4 is 0 Å². The van der Waals surface area contributed by atoms with E-state index in [0.717, 1.165) is 0 Å². The zero-order valence-electron chi connectivity index (χ0n) is 8.88. The highest BCUT2D eigenvalue weighted by Gasteiger charge is 2.20. The quantitative estimate of drug-likeness (QED) is 0.543. The summed E-state index contributed by atoms with van der Waals surface area (Å²) in [5, 5.41) is 0. The molecule has 3 atom stereocenters. The number of rotatable bonds is 5. The Morgan fingerprint density at radius 1 is 0.917 bits per heavy atom. The van der Waals surface area contributed by atoms with Crippen LogP contribution < -0.4 is 0 Å². The minimum absolute atomic E-state index is 0.579. The van der Waals surface area contributed by atoms with Crippen molar-refractivity contribution in [3.63, 3.8) is 0 Å². The molecule has 0 amide bonds. The van der Waals surface area contributed by atoms with Gasteiger partial charge in [-0.25, -0.2) is 0 Å². The van der Waals surface area contributed by atoms with Crippen LogP contribution in [0.25, 0.3) is 0 Å². The van der Waals surface area contributed by atoms with Crippen LogP contribution in [0.5, 0.6) is 0 Å². The first-order chi connectivity index (χ1) is 5.54. The molecule has 0 saturated heterocycles. The van der Waals surface area contributed by atoms with Gasteiger partial charge in [0.05, 0.1) is 0 Å². The van der Waals surface area contributed by atoms with Crippen LogP contribution in [0, 0.1) is 23.7 Å². The lowest BCUT2D eigenvalue weighted by molar-refractivity contribution is 0.283. The molecule has 0 heteroatoms. The highest BCUT2D eigenvalue weighted by atomic mass is 14.3. The molecule has 0 rings (SSSR count). The zero-order chi connectivity index (χ0) is 9.72. The molecule has 70 valence electrons. The molecule has 0 bridgehead atoms. The van der Waals surface area contributed by atoms with Gasteiger partial charge in [0, 0.05) is 0 Å². The summed E-state index contributed by atoms with van der Waals surface area (Å²) in [6.07, 6.45) is 4.11. The number of allylic oxidation sites excluding steroid dienone is 2. The monoisotopic (exact) mass is 166 g/mol. The van der Waals surface area contributed by atoms with E-state index in [2.05, 4.69) is 46.9 Å². The smallest absolute Gasteiger partial charge is 0.0182 e. The van der Waals surface area contributed by atoms with Gasteiger partial charge >= 0.3 is 0 Å². The van der Waals surface area contributed by atoms with Gasteiger partial charge in [0.25, 0.3) is 0 Å². The van der Waals surface area contributed by atoms with Crippen LogP contribution in [-0.2, 0) is 0 Å². The Bertz CT molecular complexity index is 144. The average Bonchev–Trinajstić information content (AvgIpc) is 2.03. The Morgan fingerprint density at radius 2 is 1.42 bits per heavy atom. The number of hydrogen-bond acceptors (Lipinski definition) is 0. The molecule has 0 fully saturated rings. The summed E-state index contributed by atoms with van der Waals surface area (Å²) in [7, 11) is 0. The van der Waals surface area contributed by atoms with Crippen molar-refractivity contribution in [2.24, 2.45) is 23.7 Å². The topological polar surface area (TPSA) is 0 Å². The lowest BCUT2D eigenvalue weighted by Gasteiger charge is -2.27. The van der Waals surface area contributed by atoms with Gasteiger partial charge in [0.1, 0.15) is 0 Å². The van der Waals surface area contributed by atoms with Crippen molar-refractivity contribution in [3.05, 3.63) is 25.3 Å². The lowest BCUT2D eigenvalue weighted by atomic mass is 9.78. The van der Waals surface area contributed by atoms with E-state index in [9.17, 15) is 0 Å². The molecule has 12 heavy (non-hydrogen) atoms. The SMILES string of the molecule is C=CC(C)C(C)C(C=C)C(C)C. The van der Waals surface area contributed by atoms with Gasteiger partial charge in [-0.1, -0.05) is 39.8 Å². The van der Waals surface area contributed by atoms with Crippen LogP contribution >= 0.6 is 0 Å². The summed E-state index contributed by atoms with van der Waals surface area (Å²) in [5.74, 6) is 2.52. The third-order valence-electron chi connectivity index (χ3n) is 2.85. The molecule has 0 saturated carbocycles. The van der Waals surface area contributed by atoms with Gasteiger partial charge in [-0.15, -0.1) is 13.2 Å². The predicted octanol–water partition coefficient (Wildman–Crippen LogP) is 3.90. The Hall–Kier alpha value is -0.520. The Kier molecular flexibility index (Phi) is 4.96. The summed E-state index contributed by atoms with van der Waals surface area (Å²) in [6, 6.07) is 0. The maximum atomic E-state index is 3.89. The lowest BCUT2D eigenvalue weighted by Crippen LogP contribution is -2.20. The van der Waals surface area contributed by atoms with Crippen LogP contribution in [0.15, 0.2) is 25.3 Å². The van der Waals surface area contributed by atoms with E-state index >= 15 is 0 Å². The van der Waals surface area contributed by atoms with Gasteiger partial charge in [-0.2, -0.15) is 0 Å². The van der Waals surface area contributed by atoms with Crippen LogP contribution in [-0.4, -0.2) is 0 Å². The van der Waals surface area contributed by atoms with E-state index in [1.54, 1.807) is 0 Å². The largest absolute Gasteiger partial charge is 0.103 e. The minimum Gasteiger partial charge on any atom is -0.103 e. The molecule has 0 nitrogen and oxygen atoms in total. The van der Waals surface area contributed by atoms with Gasteiger partial charge < -0.3 is 0 Å². The fourth-order valence-corrected chi connectivity index (χ4v) is 1.66. The van der Waals surface area contributed by atoms with Crippen molar-refractivity contribution in [2.45, 2.75) is 27.7 Å². The molecule has 0 aliphatic heterocycles. The van der Waals surface area contributed by atoms with Crippen molar-refractivity contribution < 1.29 is 0 Å². The summed E-state index contributed by atoms with van der Waals surface area (Å²) < 4.78 is 0. The second-order valence-electron chi connectivity index (χ2n) is 4.01. The molecule has 0 aliphatic carbocycles. The van der Waals surface area contributed by atoms with E-state index in [-0.39, 0.29) is 0 Å². The van der Waals surface area contributed by atoms with E-state index in [1.807, 2.05) is 6.08 Å². The normalized spacial score (nSPS) is 18.4. The zero-order valence-corrected chi connectivity index (χ0v) is 8.88. The summed E-state index contributed by atoms with van der Waals surface area (Å²) >= 11 is 0. The highest BCUT2D eigenvalue weighted by molar-refractivity contribution is 4.91. The molecule has 0 radical (unpaired) electrons. The van der Waals surface area contributed by atoms with Crippen molar-refractivity contribution in [3.8, 4) is 0 Å². The Balaban J connectivity index is 4.29. The standard InChI is InChI=1S/C12H22/c1-7-10(5)11(6)12(8-2)9(3)4/h7-12H,1-2H2,3-6H3. The van der Waals surface area contributed by atoms with Gasteiger partial charge in [-0.05, 0) is 23.7 Å². The van der Waals surface area contributed by atoms with Gasteiger partial charge in [0.2, 0.25) is 0 Å². The van der Waals surface area contributed by atoms with Gasteiger partial charge in [0.15, 0.2) is 0 Å². The molecule has 0 N–H and O–H groups in total. The molecule has 0 aromatic carbocycles. The van der Waals surface area contributed by atoms with Crippen LogP contribution in [0.3, 0.4) is 0 Å². The molecule has 0 aromatic heterocycles. The minimum atomic E-state index is 0.579. The molecule has 0 aromatic rings. The second kappa shape index (κ2) is 5.18. The van der Waals surface area contributed by atoms with Crippen LogP contribution in [0.4, 0.5) is 0 Å². The van der Waals surface area contributed by atoms with E-state index in [1.165, 1.54) is 0 Å². The summed E-state index contributed by atoms with van der Waals surface area (Å²) in [4.78, 5) is 0. The fraction of sp³-hybridized carbons (Fsp3) is 0.667. The maximum Gasteiger partial charge on any atom is -0.0182 e. The molecular weight excluding hydrogens is 144 g/mol. The second-order valence-corrected chi connectivity index (χ2v) is 4.01. The Labute approximate surface area is 77.4 Å². The van der Waals surface area contributed by atoms with Crippen molar-refractivity contribution in [1.29, 1.82) is 0 Å². The first-order valence-electron chi connectivity index (χ1n) is 4.79.